The predicted molar refractivity (Wildman–Crippen MR) is 94.5 cm³/mol. The summed E-state index contributed by atoms with van der Waals surface area (Å²) in [6.07, 6.45) is 7.14. The van der Waals surface area contributed by atoms with E-state index in [1.54, 1.807) is 11.7 Å². The second-order valence-corrected chi connectivity index (χ2v) is 6.69. The molecule has 1 atom stereocenters. The zero-order valence-corrected chi connectivity index (χ0v) is 13.8. The zero-order chi connectivity index (χ0) is 15.9. The molecule has 1 aromatic heterocycles. The Morgan fingerprint density at radius 3 is 3.04 bits per heavy atom. The molecule has 1 fully saturated rings. The van der Waals surface area contributed by atoms with Crippen LogP contribution in [0.1, 0.15) is 21.7 Å². The molecule has 1 N–H and O–H groups in total. The largest absolute Gasteiger partial charge is 0.351 e. The molecular formula is C18H21N3OS. The third-order valence-electron chi connectivity index (χ3n) is 4.05. The molecule has 0 saturated carbocycles. The number of carbonyl (C=O) groups excluding carboxylic acids is 1. The molecule has 3 rings (SSSR count). The fraction of sp³-hybridized carbons (Fsp3) is 0.333. The normalized spacial score (nSPS) is 18.5. The van der Waals surface area contributed by atoms with Crippen LogP contribution in [0, 0.1) is 5.92 Å². The lowest BCUT2D eigenvalue weighted by atomic mass is 10.1. The number of likely N-dealkylation sites (tertiary alicyclic amines) is 1. The monoisotopic (exact) mass is 327 g/mol. The molecule has 120 valence electrons. The molecule has 1 amide bonds. The van der Waals surface area contributed by atoms with Crippen molar-refractivity contribution in [2.75, 3.05) is 26.2 Å². The van der Waals surface area contributed by atoms with Gasteiger partial charge in [-0.1, -0.05) is 42.5 Å². The Kier molecular flexibility index (Phi) is 5.56. The minimum atomic E-state index is -0.00470. The molecule has 1 aliphatic heterocycles. The lowest BCUT2D eigenvalue weighted by Crippen LogP contribution is -2.30. The number of hydrogen-bond donors (Lipinski definition) is 1. The first-order valence-electron chi connectivity index (χ1n) is 7.92. The van der Waals surface area contributed by atoms with Crippen LogP contribution >= 0.6 is 11.3 Å². The van der Waals surface area contributed by atoms with Gasteiger partial charge in [0.25, 0.3) is 5.91 Å². The molecule has 0 spiro atoms. The van der Waals surface area contributed by atoms with E-state index in [1.807, 2.05) is 6.07 Å². The highest BCUT2D eigenvalue weighted by molar-refractivity contribution is 7.11. The van der Waals surface area contributed by atoms with Crippen molar-refractivity contribution >= 4 is 23.3 Å². The van der Waals surface area contributed by atoms with Gasteiger partial charge in [0, 0.05) is 19.6 Å². The molecule has 1 aromatic carbocycles. The first kappa shape index (κ1) is 15.9. The molecule has 0 bridgehead atoms. The van der Waals surface area contributed by atoms with E-state index in [9.17, 15) is 4.79 Å². The van der Waals surface area contributed by atoms with Gasteiger partial charge in [0.2, 0.25) is 0 Å². The molecule has 1 aliphatic rings. The molecule has 2 aromatic rings. The number of amides is 1. The Morgan fingerprint density at radius 2 is 2.26 bits per heavy atom. The molecule has 5 heteroatoms. The Morgan fingerprint density at radius 1 is 1.39 bits per heavy atom. The minimum absolute atomic E-state index is 0.00470. The van der Waals surface area contributed by atoms with Gasteiger partial charge in [0.15, 0.2) is 0 Å². The molecule has 1 unspecified atom stereocenters. The van der Waals surface area contributed by atoms with Crippen LogP contribution in [0.5, 0.6) is 0 Å². The van der Waals surface area contributed by atoms with Crippen molar-refractivity contribution in [3.63, 3.8) is 0 Å². The highest BCUT2D eigenvalue weighted by Crippen LogP contribution is 2.16. The summed E-state index contributed by atoms with van der Waals surface area (Å²) in [5.74, 6) is 0.534. The van der Waals surface area contributed by atoms with Crippen molar-refractivity contribution in [3.05, 3.63) is 58.6 Å². The highest BCUT2D eigenvalue weighted by atomic mass is 32.1. The molecular weight excluding hydrogens is 306 g/mol. The predicted octanol–water partition coefficient (Wildman–Crippen LogP) is 2.91. The van der Waals surface area contributed by atoms with Crippen molar-refractivity contribution in [2.24, 2.45) is 5.92 Å². The fourth-order valence-corrected chi connectivity index (χ4v) is 3.34. The van der Waals surface area contributed by atoms with Gasteiger partial charge in [0.1, 0.15) is 4.88 Å². The van der Waals surface area contributed by atoms with Gasteiger partial charge >= 0.3 is 0 Å². The first-order chi connectivity index (χ1) is 11.3. The molecule has 0 aliphatic carbocycles. The Hall–Kier alpha value is -1.98. The SMILES string of the molecule is O=C(NCC1CCN(C/C=C/c2ccccc2)C1)c1cncs1. The topological polar surface area (TPSA) is 45.2 Å². The third kappa shape index (κ3) is 4.74. The maximum Gasteiger partial charge on any atom is 0.263 e. The van der Waals surface area contributed by atoms with Crippen molar-refractivity contribution in [3.8, 4) is 0 Å². The lowest BCUT2D eigenvalue weighted by molar-refractivity contribution is 0.0951. The number of aromatic nitrogens is 1. The van der Waals surface area contributed by atoms with Crippen LogP contribution < -0.4 is 5.32 Å². The summed E-state index contributed by atoms with van der Waals surface area (Å²) >= 11 is 1.38. The van der Waals surface area contributed by atoms with Gasteiger partial charge in [0.05, 0.1) is 11.7 Å². The maximum absolute atomic E-state index is 11.9. The average Bonchev–Trinajstić information content (AvgIpc) is 3.26. The number of nitrogens with zero attached hydrogens (tertiary/aromatic N) is 2. The van der Waals surface area contributed by atoms with Crippen molar-refractivity contribution < 1.29 is 4.79 Å². The molecule has 1 saturated heterocycles. The maximum atomic E-state index is 11.9. The zero-order valence-electron chi connectivity index (χ0n) is 13.0. The summed E-state index contributed by atoms with van der Waals surface area (Å²) in [6.45, 7) is 3.85. The van der Waals surface area contributed by atoms with Crippen molar-refractivity contribution in [1.82, 2.24) is 15.2 Å². The van der Waals surface area contributed by atoms with E-state index >= 15 is 0 Å². The van der Waals surface area contributed by atoms with Gasteiger partial charge in [-0.05, 0) is 24.4 Å². The van der Waals surface area contributed by atoms with Crippen LogP contribution in [0.25, 0.3) is 6.08 Å². The lowest BCUT2D eigenvalue weighted by Gasteiger charge is -2.14. The van der Waals surface area contributed by atoms with E-state index in [4.69, 9.17) is 0 Å². The summed E-state index contributed by atoms with van der Waals surface area (Å²) in [6, 6.07) is 10.4. The summed E-state index contributed by atoms with van der Waals surface area (Å²) in [4.78, 5) is 19.0. The van der Waals surface area contributed by atoms with E-state index < -0.39 is 0 Å². The van der Waals surface area contributed by atoms with E-state index in [0.717, 1.165) is 32.6 Å². The van der Waals surface area contributed by atoms with Crippen LogP contribution in [0.15, 0.2) is 48.1 Å². The van der Waals surface area contributed by atoms with Gasteiger partial charge in [-0.3, -0.25) is 14.7 Å². The summed E-state index contributed by atoms with van der Waals surface area (Å²) < 4.78 is 0. The Balaban J connectivity index is 1.39. The number of hydrogen-bond acceptors (Lipinski definition) is 4. The van der Waals surface area contributed by atoms with Crippen LogP contribution in [0.3, 0.4) is 0 Å². The summed E-state index contributed by atoms with van der Waals surface area (Å²) in [7, 11) is 0. The highest BCUT2D eigenvalue weighted by Gasteiger charge is 2.22. The van der Waals surface area contributed by atoms with E-state index in [-0.39, 0.29) is 5.91 Å². The standard InChI is InChI=1S/C18H21N3OS/c22-18(17-12-19-14-23-17)20-11-16-8-10-21(13-16)9-4-7-15-5-2-1-3-6-15/h1-7,12,14,16H,8-11,13H2,(H,20,22)/b7-4+. The number of thiazole rings is 1. The average molecular weight is 327 g/mol. The van der Waals surface area contributed by atoms with Crippen LogP contribution in [0.4, 0.5) is 0 Å². The van der Waals surface area contributed by atoms with Gasteiger partial charge in [-0.2, -0.15) is 0 Å². The van der Waals surface area contributed by atoms with Gasteiger partial charge < -0.3 is 5.32 Å². The van der Waals surface area contributed by atoms with Gasteiger partial charge in [-0.15, -0.1) is 11.3 Å². The quantitative estimate of drug-likeness (QED) is 0.887. The molecule has 0 radical (unpaired) electrons. The van der Waals surface area contributed by atoms with Crippen molar-refractivity contribution in [2.45, 2.75) is 6.42 Å². The van der Waals surface area contributed by atoms with Crippen molar-refractivity contribution in [1.29, 1.82) is 0 Å². The number of carbonyl (C=O) groups is 1. The second kappa shape index (κ2) is 8.04. The van der Waals surface area contributed by atoms with Gasteiger partial charge in [-0.25, -0.2) is 0 Å². The van der Waals surface area contributed by atoms with Crippen LogP contribution in [0.2, 0.25) is 0 Å². The Labute approximate surface area is 140 Å². The number of rotatable bonds is 6. The number of nitrogens with one attached hydrogen (secondary N) is 1. The smallest absolute Gasteiger partial charge is 0.263 e. The number of benzene rings is 1. The first-order valence-corrected chi connectivity index (χ1v) is 8.80. The summed E-state index contributed by atoms with van der Waals surface area (Å²) in [5, 5.41) is 3.02. The van der Waals surface area contributed by atoms with Crippen LogP contribution in [-0.2, 0) is 0 Å². The second-order valence-electron chi connectivity index (χ2n) is 5.80. The fourth-order valence-electron chi connectivity index (χ4n) is 2.80. The molecule has 2 heterocycles. The van der Waals surface area contributed by atoms with E-state index in [2.05, 4.69) is 51.6 Å². The Bertz CT molecular complexity index is 640. The van der Waals surface area contributed by atoms with E-state index in [1.165, 1.54) is 16.9 Å². The minimum Gasteiger partial charge on any atom is -0.351 e. The third-order valence-corrected chi connectivity index (χ3v) is 4.82. The summed E-state index contributed by atoms with van der Waals surface area (Å²) in [5.41, 5.74) is 2.92. The molecule has 4 nitrogen and oxygen atoms in total. The van der Waals surface area contributed by atoms with E-state index in [0.29, 0.717) is 10.8 Å². The molecule has 23 heavy (non-hydrogen) atoms. The van der Waals surface area contributed by atoms with Crippen LogP contribution in [-0.4, -0.2) is 42.0 Å².